The largest absolute Gasteiger partial charge is 0.356 e. The Balaban J connectivity index is 1.28. The minimum absolute atomic E-state index is 0.283. The van der Waals surface area contributed by atoms with Gasteiger partial charge in [0.15, 0.2) is 5.58 Å². The van der Waals surface area contributed by atoms with E-state index in [1.165, 1.54) is 25.7 Å². The van der Waals surface area contributed by atoms with Crippen LogP contribution in [-0.4, -0.2) is 46.3 Å². The summed E-state index contributed by atoms with van der Waals surface area (Å²) in [5, 5.41) is 17.2. The average molecular weight is 409 g/mol. The Morgan fingerprint density at radius 1 is 1.00 bits per heavy atom. The molecule has 0 spiro atoms. The molecule has 160 valence electrons. The first-order valence-electron chi connectivity index (χ1n) is 11.5. The molecular formula is C23H32N6O. The normalized spacial score (nSPS) is 23.4. The van der Waals surface area contributed by atoms with Crippen LogP contribution in [0.1, 0.15) is 64.0 Å². The molecule has 1 aliphatic heterocycles. The number of hydrogen-bond donors (Lipinski definition) is 3. The number of aromatic nitrogens is 3. The van der Waals surface area contributed by atoms with Gasteiger partial charge < -0.3 is 20.5 Å². The highest BCUT2D eigenvalue weighted by Gasteiger charge is 2.24. The van der Waals surface area contributed by atoms with E-state index < -0.39 is 0 Å². The van der Waals surface area contributed by atoms with Crippen molar-refractivity contribution in [3.63, 3.8) is 0 Å². The van der Waals surface area contributed by atoms with Gasteiger partial charge >= 0.3 is 0 Å². The van der Waals surface area contributed by atoms with Crippen LogP contribution in [0.15, 0.2) is 22.9 Å². The Bertz CT molecular complexity index is 1000. The molecule has 0 bridgehead atoms. The highest BCUT2D eigenvalue weighted by molar-refractivity contribution is 6.04. The van der Waals surface area contributed by atoms with E-state index in [1.54, 1.807) is 0 Å². The maximum Gasteiger partial charge on any atom is 0.223 e. The lowest BCUT2D eigenvalue weighted by molar-refractivity contribution is 0.289. The molecule has 0 unspecified atom stereocenters. The highest BCUT2D eigenvalue weighted by atomic mass is 16.5. The van der Waals surface area contributed by atoms with Gasteiger partial charge in [0, 0.05) is 29.7 Å². The third kappa shape index (κ3) is 4.01. The van der Waals surface area contributed by atoms with E-state index in [4.69, 9.17) is 9.51 Å². The summed E-state index contributed by atoms with van der Waals surface area (Å²) in [6.45, 7) is 6.55. The minimum Gasteiger partial charge on any atom is -0.356 e. The van der Waals surface area contributed by atoms with Gasteiger partial charge in [0.1, 0.15) is 0 Å². The van der Waals surface area contributed by atoms with Crippen LogP contribution in [-0.2, 0) is 0 Å². The molecule has 1 aliphatic carbocycles. The lowest BCUT2D eigenvalue weighted by Gasteiger charge is -2.34. The molecule has 2 aliphatic rings. The molecule has 1 aromatic carbocycles. The van der Waals surface area contributed by atoms with Crippen LogP contribution in [0.3, 0.4) is 0 Å². The Morgan fingerprint density at radius 3 is 2.50 bits per heavy atom. The lowest BCUT2D eigenvalue weighted by Crippen LogP contribution is -2.46. The smallest absolute Gasteiger partial charge is 0.223 e. The first kappa shape index (κ1) is 19.7. The van der Waals surface area contributed by atoms with Crippen LogP contribution in [0, 0.1) is 0 Å². The van der Waals surface area contributed by atoms with E-state index in [0.717, 1.165) is 53.5 Å². The van der Waals surface area contributed by atoms with Crippen LogP contribution in [0.25, 0.3) is 21.9 Å². The van der Waals surface area contributed by atoms with Gasteiger partial charge in [-0.25, -0.2) is 9.97 Å². The van der Waals surface area contributed by atoms with E-state index >= 15 is 0 Å². The lowest BCUT2D eigenvalue weighted by atomic mass is 9.90. The molecular weight excluding hydrogens is 376 g/mol. The maximum absolute atomic E-state index is 5.54. The Kier molecular flexibility index (Phi) is 5.56. The van der Waals surface area contributed by atoms with Crippen molar-refractivity contribution < 1.29 is 4.52 Å². The fourth-order valence-electron chi connectivity index (χ4n) is 4.92. The predicted octanol–water partition coefficient (Wildman–Crippen LogP) is 3.96. The maximum atomic E-state index is 5.54. The molecule has 7 heteroatoms. The van der Waals surface area contributed by atoms with Gasteiger partial charge in [0.2, 0.25) is 5.95 Å². The quantitative estimate of drug-likeness (QED) is 0.589. The Morgan fingerprint density at radius 2 is 1.73 bits per heavy atom. The van der Waals surface area contributed by atoms with E-state index in [9.17, 15) is 0 Å². The minimum atomic E-state index is 0.283. The SMILES string of the molecule is CC(C)c1noc2ccc3cnc(N[C@H]4CC[C@H](NC5CCNCC5)CC4)nc3c12. The van der Waals surface area contributed by atoms with Crippen LogP contribution in [0.2, 0.25) is 0 Å². The van der Waals surface area contributed by atoms with Gasteiger partial charge in [-0.15, -0.1) is 0 Å². The molecule has 1 saturated heterocycles. The summed E-state index contributed by atoms with van der Waals surface area (Å²) >= 11 is 0. The molecule has 3 heterocycles. The zero-order valence-electron chi connectivity index (χ0n) is 17.9. The molecule has 30 heavy (non-hydrogen) atoms. The molecule has 0 atom stereocenters. The summed E-state index contributed by atoms with van der Waals surface area (Å²) in [5.41, 5.74) is 2.68. The molecule has 0 radical (unpaired) electrons. The van der Waals surface area contributed by atoms with Gasteiger partial charge in [-0.1, -0.05) is 19.0 Å². The summed E-state index contributed by atoms with van der Waals surface area (Å²) in [6, 6.07) is 5.73. The Hall–Kier alpha value is -2.25. The number of piperidine rings is 1. The number of nitrogens with zero attached hydrogens (tertiary/aromatic N) is 3. The second kappa shape index (κ2) is 8.47. The monoisotopic (exact) mass is 408 g/mol. The van der Waals surface area contributed by atoms with Gasteiger partial charge in [-0.3, -0.25) is 0 Å². The number of anilines is 1. The van der Waals surface area contributed by atoms with Crippen molar-refractivity contribution in [2.45, 2.75) is 76.4 Å². The fraction of sp³-hybridized carbons (Fsp3) is 0.609. The Labute approximate surface area is 177 Å². The molecule has 3 aromatic rings. The van der Waals surface area contributed by atoms with Crippen LogP contribution < -0.4 is 16.0 Å². The topological polar surface area (TPSA) is 87.9 Å². The average Bonchev–Trinajstić information content (AvgIpc) is 3.21. The van der Waals surface area contributed by atoms with E-state index in [-0.39, 0.29) is 5.92 Å². The van der Waals surface area contributed by atoms with E-state index in [2.05, 4.69) is 39.9 Å². The standard InChI is InChI=1S/C23H32N6O/c1-14(2)21-20-19(30-29-21)8-3-15-13-25-23(28-22(15)20)27-17-6-4-16(5-7-17)26-18-9-11-24-12-10-18/h3,8,13-14,16-18,24,26H,4-7,9-12H2,1-2H3,(H,25,27,28)/t16-,17-. The van der Waals surface area contributed by atoms with Crippen molar-refractivity contribution in [1.82, 2.24) is 25.8 Å². The molecule has 2 fully saturated rings. The third-order valence-corrected chi connectivity index (χ3v) is 6.63. The molecule has 5 rings (SSSR count). The second-order valence-electron chi connectivity index (χ2n) is 9.18. The zero-order chi connectivity index (χ0) is 20.5. The van der Waals surface area contributed by atoms with Crippen molar-refractivity contribution in [3.8, 4) is 0 Å². The first-order chi connectivity index (χ1) is 14.7. The number of nitrogens with one attached hydrogen (secondary N) is 3. The van der Waals surface area contributed by atoms with Crippen molar-refractivity contribution in [3.05, 3.63) is 24.0 Å². The molecule has 0 amide bonds. The molecule has 3 N–H and O–H groups in total. The molecule has 2 aromatic heterocycles. The number of benzene rings is 1. The first-order valence-corrected chi connectivity index (χ1v) is 11.5. The van der Waals surface area contributed by atoms with Gasteiger partial charge in [-0.05, 0) is 69.7 Å². The fourth-order valence-corrected chi connectivity index (χ4v) is 4.92. The summed E-state index contributed by atoms with van der Waals surface area (Å²) in [4.78, 5) is 9.46. The van der Waals surface area contributed by atoms with Crippen molar-refractivity contribution in [2.75, 3.05) is 18.4 Å². The number of fused-ring (bicyclic) bond motifs is 3. The van der Waals surface area contributed by atoms with E-state index in [0.29, 0.717) is 24.1 Å². The zero-order valence-corrected chi connectivity index (χ0v) is 17.9. The summed E-state index contributed by atoms with van der Waals surface area (Å²) in [5.74, 6) is 0.992. The number of hydrogen-bond acceptors (Lipinski definition) is 7. The summed E-state index contributed by atoms with van der Waals surface area (Å²) in [7, 11) is 0. The summed E-state index contributed by atoms with van der Waals surface area (Å²) in [6.07, 6.45) is 9.13. The second-order valence-corrected chi connectivity index (χ2v) is 9.18. The molecule has 1 saturated carbocycles. The van der Waals surface area contributed by atoms with Gasteiger partial charge in [-0.2, -0.15) is 0 Å². The van der Waals surface area contributed by atoms with Gasteiger partial charge in [0.25, 0.3) is 0 Å². The van der Waals surface area contributed by atoms with Crippen LogP contribution in [0.5, 0.6) is 0 Å². The van der Waals surface area contributed by atoms with Crippen molar-refractivity contribution in [1.29, 1.82) is 0 Å². The van der Waals surface area contributed by atoms with Crippen LogP contribution >= 0.6 is 0 Å². The summed E-state index contributed by atoms with van der Waals surface area (Å²) < 4.78 is 5.54. The highest BCUT2D eigenvalue weighted by Crippen LogP contribution is 2.31. The number of rotatable bonds is 5. The van der Waals surface area contributed by atoms with Crippen molar-refractivity contribution in [2.24, 2.45) is 0 Å². The van der Waals surface area contributed by atoms with Crippen molar-refractivity contribution >= 4 is 27.8 Å². The molecule has 7 nitrogen and oxygen atoms in total. The predicted molar refractivity (Wildman–Crippen MR) is 120 cm³/mol. The van der Waals surface area contributed by atoms with E-state index in [1.807, 2.05) is 18.3 Å². The van der Waals surface area contributed by atoms with Gasteiger partial charge in [0.05, 0.1) is 16.6 Å². The van der Waals surface area contributed by atoms with Crippen LogP contribution in [0.4, 0.5) is 5.95 Å². The third-order valence-electron chi connectivity index (χ3n) is 6.63.